The van der Waals surface area contributed by atoms with Crippen molar-refractivity contribution in [1.82, 2.24) is 0 Å². The molecule has 0 saturated carbocycles. The average molecular weight is 283 g/mol. The van der Waals surface area contributed by atoms with Gasteiger partial charge in [0.05, 0.1) is 5.56 Å². The maximum Gasteiger partial charge on any atom is 0.339 e. The topological polar surface area (TPSA) is 49.8 Å². The van der Waals surface area contributed by atoms with Crippen molar-refractivity contribution in [3.8, 4) is 0 Å². The van der Waals surface area contributed by atoms with E-state index in [1.807, 2.05) is 55.4 Å². The minimum absolute atomic E-state index is 0.375. The summed E-state index contributed by atoms with van der Waals surface area (Å²) in [6.45, 7) is 0. The third kappa shape index (κ3) is 2.38. The number of cyclic esters (lactones) is 1. The van der Waals surface area contributed by atoms with Gasteiger partial charge in [-0.25, -0.2) is 4.79 Å². The van der Waals surface area contributed by atoms with Crippen molar-refractivity contribution >= 4 is 11.7 Å². The number of nitrogens with zero attached hydrogens (tertiary/aromatic N) is 1. The molecule has 0 saturated heterocycles. The summed E-state index contributed by atoms with van der Waals surface area (Å²) in [7, 11) is 3.92. The molecular formula is C17H17NO3. The summed E-state index contributed by atoms with van der Waals surface area (Å²) >= 11 is 0. The van der Waals surface area contributed by atoms with Crippen LogP contribution in [0.15, 0.2) is 48.5 Å². The van der Waals surface area contributed by atoms with Gasteiger partial charge in [0, 0.05) is 25.3 Å². The number of fused-ring (bicyclic) bond motifs is 1. The van der Waals surface area contributed by atoms with Crippen LogP contribution in [0.2, 0.25) is 0 Å². The zero-order valence-electron chi connectivity index (χ0n) is 12.0. The highest BCUT2D eigenvalue weighted by molar-refractivity contribution is 5.94. The van der Waals surface area contributed by atoms with Gasteiger partial charge >= 0.3 is 5.97 Å². The Hall–Kier alpha value is -2.33. The van der Waals surface area contributed by atoms with Gasteiger partial charge in [-0.15, -0.1) is 0 Å². The molecule has 1 N–H and O–H groups in total. The van der Waals surface area contributed by atoms with E-state index in [4.69, 9.17) is 4.74 Å². The van der Waals surface area contributed by atoms with Gasteiger partial charge in [-0.1, -0.05) is 30.3 Å². The molecule has 2 aromatic rings. The third-order valence-corrected chi connectivity index (χ3v) is 3.76. The van der Waals surface area contributed by atoms with Crippen LogP contribution in [0.5, 0.6) is 0 Å². The molecule has 0 aromatic heterocycles. The van der Waals surface area contributed by atoms with Gasteiger partial charge < -0.3 is 14.7 Å². The molecule has 0 aliphatic carbocycles. The van der Waals surface area contributed by atoms with Gasteiger partial charge in [-0.2, -0.15) is 0 Å². The minimum Gasteiger partial charge on any atom is -0.451 e. The summed E-state index contributed by atoms with van der Waals surface area (Å²) in [6.07, 6.45) is -1.51. The van der Waals surface area contributed by atoms with Crippen LogP contribution in [0.25, 0.3) is 0 Å². The number of hydrogen-bond acceptors (Lipinski definition) is 4. The zero-order valence-corrected chi connectivity index (χ0v) is 12.0. The number of rotatable bonds is 3. The van der Waals surface area contributed by atoms with Gasteiger partial charge in [0.25, 0.3) is 0 Å². The molecule has 0 bridgehead atoms. The Morgan fingerprint density at radius 2 is 1.76 bits per heavy atom. The average Bonchev–Trinajstić information content (AvgIpc) is 2.84. The van der Waals surface area contributed by atoms with Crippen LogP contribution in [0.4, 0.5) is 5.69 Å². The van der Waals surface area contributed by atoms with Crippen molar-refractivity contribution in [2.75, 3.05) is 19.0 Å². The number of anilines is 1. The van der Waals surface area contributed by atoms with E-state index in [0.29, 0.717) is 5.56 Å². The van der Waals surface area contributed by atoms with E-state index in [1.165, 1.54) is 0 Å². The molecule has 2 atom stereocenters. The fraction of sp³-hybridized carbons (Fsp3) is 0.235. The maximum atomic E-state index is 11.8. The van der Waals surface area contributed by atoms with E-state index in [9.17, 15) is 9.90 Å². The molecule has 108 valence electrons. The molecule has 4 heteroatoms. The van der Waals surface area contributed by atoms with E-state index in [-0.39, 0.29) is 5.97 Å². The van der Waals surface area contributed by atoms with E-state index >= 15 is 0 Å². The second-order valence-corrected chi connectivity index (χ2v) is 5.34. The molecule has 3 rings (SSSR count). The standard InChI is InChI=1S/C17H17NO3/c1-18(2)12-9-7-11(8-10-12)15(19)16-13-5-3-4-6-14(13)17(20)21-16/h3-10,15-16,19H,1-2H3. The number of aliphatic hydroxyl groups excluding tert-OH is 1. The maximum absolute atomic E-state index is 11.8. The predicted octanol–water partition coefficient (Wildman–Crippen LogP) is 2.70. The molecule has 0 fully saturated rings. The number of carbonyl (C=O) groups excluding carboxylic acids is 1. The number of ether oxygens (including phenoxy) is 1. The van der Waals surface area contributed by atoms with Crippen LogP contribution < -0.4 is 4.90 Å². The zero-order chi connectivity index (χ0) is 15.0. The summed E-state index contributed by atoms with van der Waals surface area (Å²) in [5.74, 6) is -0.375. The van der Waals surface area contributed by atoms with Gasteiger partial charge in [0.2, 0.25) is 0 Å². The van der Waals surface area contributed by atoms with Crippen molar-refractivity contribution in [3.05, 3.63) is 65.2 Å². The number of aliphatic hydroxyl groups is 1. The molecule has 4 nitrogen and oxygen atoms in total. The first kappa shape index (κ1) is 13.6. The largest absolute Gasteiger partial charge is 0.451 e. The normalized spacial score (nSPS) is 18.0. The van der Waals surface area contributed by atoms with Crippen LogP contribution in [0.1, 0.15) is 33.7 Å². The molecular weight excluding hydrogens is 266 g/mol. The van der Waals surface area contributed by atoms with Crippen LogP contribution in [-0.2, 0) is 4.74 Å². The molecule has 0 radical (unpaired) electrons. The Balaban J connectivity index is 1.89. The van der Waals surface area contributed by atoms with Gasteiger partial charge in [-0.05, 0) is 23.8 Å². The Morgan fingerprint density at radius 1 is 1.10 bits per heavy atom. The summed E-state index contributed by atoms with van der Waals surface area (Å²) in [5, 5.41) is 10.5. The van der Waals surface area contributed by atoms with E-state index in [2.05, 4.69) is 0 Å². The molecule has 1 aliphatic rings. The monoisotopic (exact) mass is 283 g/mol. The van der Waals surface area contributed by atoms with Gasteiger partial charge in [0.1, 0.15) is 6.10 Å². The third-order valence-electron chi connectivity index (χ3n) is 3.76. The van der Waals surface area contributed by atoms with Crippen LogP contribution >= 0.6 is 0 Å². The fourth-order valence-corrected chi connectivity index (χ4v) is 2.55. The number of benzene rings is 2. The van der Waals surface area contributed by atoms with E-state index in [0.717, 1.165) is 16.8 Å². The summed E-state index contributed by atoms with van der Waals surface area (Å²) in [4.78, 5) is 13.8. The van der Waals surface area contributed by atoms with Crippen molar-refractivity contribution in [2.24, 2.45) is 0 Å². The van der Waals surface area contributed by atoms with Crippen LogP contribution in [0.3, 0.4) is 0 Å². The van der Waals surface area contributed by atoms with Crippen LogP contribution in [-0.4, -0.2) is 25.2 Å². The van der Waals surface area contributed by atoms with Crippen molar-refractivity contribution in [3.63, 3.8) is 0 Å². The van der Waals surface area contributed by atoms with Crippen molar-refractivity contribution in [2.45, 2.75) is 12.2 Å². The quantitative estimate of drug-likeness (QED) is 0.880. The van der Waals surface area contributed by atoms with Crippen molar-refractivity contribution < 1.29 is 14.6 Å². The summed E-state index contributed by atoms with van der Waals surface area (Å²) in [5.41, 5.74) is 3.06. The van der Waals surface area contributed by atoms with Crippen molar-refractivity contribution in [1.29, 1.82) is 0 Å². The summed E-state index contributed by atoms with van der Waals surface area (Å²) in [6, 6.07) is 14.8. The van der Waals surface area contributed by atoms with Gasteiger partial charge in [-0.3, -0.25) is 0 Å². The Kier molecular flexibility index (Phi) is 3.39. The molecule has 0 spiro atoms. The number of carbonyl (C=O) groups is 1. The highest BCUT2D eigenvalue weighted by atomic mass is 16.6. The Morgan fingerprint density at radius 3 is 2.43 bits per heavy atom. The first-order valence-electron chi connectivity index (χ1n) is 6.83. The highest BCUT2D eigenvalue weighted by Crippen LogP contribution is 2.39. The molecule has 0 amide bonds. The molecule has 2 unspecified atom stereocenters. The Labute approximate surface area is 123 Å². The lowest BCUT2D eigenvalue weighted by molar-refractivity contribution is -0.0102. The first-order chi connectivity index (χ1) is 10.1. The van der Waals surface area contributed by atoms with Gasteiger partial charge in [0.15, 0.2) is 6.10 Å². The lowest BCUT2D eigenvalue weighted by Gasteiger charge is -2.19. The second-order valence-electron chi connectivity index (χ2n) is 5.34. The van der Waals surface area contributed by atoms with E-state index < -0.39 is 12.2 Å². The van der Waals surface area contributed by atoms with E-state index in [1.54, 1.807) is 12.1 Å². The molecule has 1 heterocycles. The highest BCUT2D eigenvalue weighted by Gasteiger charge is 2.36. The minimum atomic E-state index is -0.867. The lowest BCUT2D eigenvalue weighted by atomic mass is 9.96. The SMILES string of the molecule is CN(C)c1ccc(C(O)C2OC(=O)c3ccccc32)cc1. The predicted molar refractivity (Wildman–Crippen MR) is 80.3 cm³/mol. The Bertz CT molecular complexity index is 664. The lowest BCUT2D eigenvalue weighted by Crippen LogP contribution is -2.12. The first-order valence-corrected chi connectivity index (χ1v) is 6.83. The molecule has 21 heavy (non-hydrogen) atoms. The molecule has 1 aliphatic heterocycles. The smallest absolute Gasteiger partial charge is 0.339 e. The fourth-order valence-electron chi connectivity index (χ4n) is 2.55. The summed E-state index contributed by atoms with van der Waals surface area (Å²) < 4.78 is 5.33. The second kappa shape index (κ2) is 5.22. The van der Waals surface area contributed by atoms with Crippen LogP contribution in [0, 0.1) is 0 Å². The number of hydrogen-bond donors (Lipinski definition) is 1. The molecule has 2 aromatic carbocycles. The number of esters is 1.